The highest BCUT2D eigenvalue weighted by molar-refractivity contribution is 7.92. The molecule has 7 nitrogen and oxygen atoms in total. The number of anilines is 2. The molecule has 186 valence electrons. The van der Waals surface area contributed by atoms with Crippen molar-refractivity contribution in [2.24, 2.45) is 0 Å². The van der Waals surface area contributed by atoms with Crippen molar-refractivity contribution in [1.82, 2.24) is 0 Å². The number of halogens is 1. The van der Waals surface area contributed by atoms with Crippen LogP contribution < -0.4 is 14.8 Å². The standard InChI is InChI=1S/C27H25ClN2O5S/c1-34-19-11-13-20(14-12-19)36(32,33)30-25-16-15-24(21-8-4-5-9-22(21)25)29-26(27(31)35-2)17-18-7-3-6-10-23(18)28/h3-16,26,29-30H,17H2,1-2H3/t26-/m0/s1. The van der Waals surface area contributed by atoms with E-state index in [1.54, 1.807) is 30.3 Å². The summed E-state index contributed by atoms with van der Waals surface area (Å²) in [4.78, 5) is 12.7. The molecule has 0 saturated heterocycles. The number of benzene rings is 4. The number of esters is 1. The average molecular weight is 525 g/mol. The van der Waals surface area contributed by atoms with Crippen molar-refractivity contribution in [3.05, 3.63) is 95.5 Å². The SMILES string of the molecule is COC(=O)[C@H](Cc1ccccc1Cl)Nc1ccc(NS(=O)(=O)c2ccc(OC)cc2)c2ccccc12. The highest BCUT2D eigenvalue weighted by Crippen LogP contribution is 2.32. The molecule has 4 aromatic carbocycles. The van der Waals surface area contributed by atoms with Crippen molar-refractivity contribution in [2.45, 2.75) is 17.4 Å². The van der Waals surface area contributed by atoms with E-state index >= 15 is 0 Å². The zero-order chi connectivity index (χ0) is 25.7. The number of nitrogens with one attached hydrogen (secondary N) is 2. The molecule has 0 heterocycles. The Hall–Kier alpha value is -3.75. The predicted molar refractivity (Wildman–Crippen MR) is 142 cm³/mol. The number of sulfonamides is 1. The Bertz CT molecular complexity index is 1490. The van der Waals surface area contributed by atoms with Crippen LogP contribution in [0.3, 0.4) is 0 Å². The van der Waals surface area contributed by atoms with E-state index in [1.165, 1.54) is 26.4 Å². The molecule has 2 N–H and O–H groups in total. The lowest BCUT2D eigenvalue weighted by atomic mass is 10.0. The third-order valence-corrected chi connectivity index (χ3v) is 7.49. The molecule has 9 heteroatoms. The molecule has 4 aromatic rings. The maximum absolute atomic E-state index is 13.0. The third kappa shape index (κ3) is 5.56. The molecule has 0 aliphatic rings. The molecule has 0 radical (unpaired) electrons. The number of methoxy groups -OCH3 is 2. The fourth-order valence-corrected chi connectivity index (χ4v) is 5.17. The average Bonchev–Trinajstić information content (AvgIpc) is 2.90. The molecule has 0 bridgehead atoms. The third-order valence-electron chi connectivity index (χ3n) is 5.74. The van der Waals surface area contributed by atoms with Gasteiger partial charge in [0.15, 0.2) is 0 Å². The summed E-state index contributed by atoms with van der Waals surface area (Å²) in [7, 11) is -0.995. The molecule has 1 atom stereocenters. The number of ether oxygens (including phenoxy) is 2. The number of hydrogen-bond acceptors (Lipinski definition) is 6. The number of carbonyl (C=O) groups excluding carboxylic acids is 1. The molecule has 0 unspecified atom stereocenters. The Morgan fingerprint density at radius 1 is 0.861 bits per heavy atom. The van der Waals surface area contributed by atoms with Crippen LogP contribution in [0.15, 0.2) is 89.8 Å². The normalized spacial score (nSPS) is 12.1. The second-order valence-corrected chi connectivity index (χ2v) is 10.1. The van der Waals surface area contributed by atoms with Crippen molar-refractivity contribution < 1.29 is 22.7 Å². The Labute approximate surface area is 215 Å². The quantitative estimate of drug-likeness (QED) is 0.281. The molecule has 0 fully saturated rings. The van der Waals surface area contributed by atoms with E-state index in [4.69, 9.17) is 21.1 Å². The van der Waals surface area contributed by atoms with Gasteiger partial charge in [0.05, 0.1) is 24.8 Å². The van der Waals surface area contributed by atoms with Gasteiger partial charge in [0.25, 0.3) is 10.0 Å². The van der Waals surface area contributed by atoms with Crippen LogP contribution in [0.5, 0.6) is 5.75 Å². The van der Waals surface area contributed by atoms with Crippen LogP contribution in [-0.4, -0.2) is 34.6 Å². The van der Waals surface area contributed by atoms with Gasteiger partial charge in [-0.05, 0) is 48.0 Å². The van der Waals surface area contributed by atoms with Crippen LogP contribution in [0.2, 0.25) is 5.02 Å². The van der Waals surface area contributed by atoms with Crippen LogP contribution in [0.25, 0.3) is 10.8 Å². The van der Waals surface area contributed by atoms with Gasteiger partial charge in [0.2, 0.25) is 0 Å². The highest BCUT2D eigenvalue weighted by Gasteiger charge is 2.22. The van der Waals surface area contributed by atoms with E-state index in [0.29, 0.717) is 34.0 Å². The highest BCUT2D eigenvalue weighted by atomic mass is 35.5. The summed E-state index contributed by atoms with van der Waals surface area (Å²) in [5, 5.41) is 5.22. The Morgan fingerprint density at radius 2 is 1.47 bits per heavy atom. The lowest BCUT2D eigenvalue weighted by Gasteiger charge is -2.21. The summed E-state index contributed by atoms with van der Waals surface area (Å²) in [6.07, 6.45) is 0.312. The van der Waals surface area contributed by atoms with Crippen molar-refractivity contribution in [3.8, 4) is 5.75 Å². The molecule has 0 aliphatic carbocycles. The molecule has 4 rings (SSSR count). The van der Waals surface area contributed by atoms with Gasteiger partial charge in [-0.2, -0.15) is 0 Å². The van der Waals surface area contributed by atoms with E-state index in [9.17, 15) is 13.2 Å². The zero-order valence-electron chi connectivity index (χ0n) is 19.7. The lowest BCUT2D eigenvalue weighted by Crippen LogP contribution is -2.33. The van der Waals surface area contributed by atoms with Crippen molar-refractivity contribution >= 4 is 49.7 Å². The van der Waals surface area contributed by atoms with E-state index < -0.39 is 22.0 Å². The van der Waals surface area contributed by atoms with E-state index in [0.717, 1.165) is 10.9 Å². The minimum atomic E-state index is -3.84. The van der Waals surface area contributed by atoms with E-state index in [1.807, 2.05) is 42.5 Å². The van der Waals surface area contributed by atoms with E-state index in [-0.39, 0.29) is 4.90 Å². The smallest absolute Gasteiger partial charge is 0.328 e. The first kappa shape index (κ1) is 25.3. The second kappa shape index (κ2) is 10.9. The minimum absolute atomic E-state index is 0.111. The number of hydrogen-bond donors (Lipinski definition) is 2. The first-order valence-corrected chi connectivity index (χ1v) is 12.9. The fraction of sp³-hybridized carbons (Fsp3) is 0.148. The summed E-state index contributed by atoms with van der Waals surface area (Å²) < 4.78 is 38.9. The molecule has 0 aliphatic heterocycles. The Morgan fingerprint density at radius 3 is 2.11 bits per heavy atom. The molecule has 0 aromatic heterocycles. The van der Waals surface area contributed by atoms with Crippen LogP contribution in [0.4, 0.5) is 11.4 Å². The largest absolute Gasteiger partial charge is 0.497 e. The summed E-state index contributed by atoms with van der Waals surface area (Å²) >= 11 is 6.31. The maximum Gasteiger partial charge on any atom is 0.328 e. The maximum atomic E-state index is 13.0. The van der Waals surface area contributed by atoms with Crippen molar-refractivity contribution in [1.29, 1.82) is 0 Å². The topological polar surface area (TPSA) is 93.7 Å². The molecule has 0 saturated carbocycles. The summed E-state index contributed by atoms with van der Waals surface area (Å²) in [5.74, 6) is 0.120. The lowest BCUT2D eigenvalue weighted by molar-refractivity contribution is -0.141. The van der Waals surface area contributed by atoms with E-state index in [2.05, 4.69) is 10.0 Å². The fourth-order valence-electron chi connectivity index (χ4n) is 3.88. The number of rotatable bonds is 9. The summed E-state index contributed by atoms with van der Waals surface area (Å²) in [6.45, 7) is 0. The van der Waals surface area contributed by atoms with Gasteiger partial charge in [-0.25, -0.2) is 13.2 Å². The molecule has 0 spiro atoms. The first-order chi connectivity index (χ1) is 17.3. The molecular formula is C27H25ClN2O5S. The van der Waals surface area contributed by atoms with Crippen LogP contribution >= 0.6 is 11.6 Å². The van der Waals surface area contributed by atoms with Gasteiger partial charge in [-0.3, -0.25) is 4.72 Å². The second-order valence-electron chi connectivity index (χ2n) is 8.00. The molecule has 36 heavy (non-hydrogen) atoms. The Kier molecular flexibility index (Phi) is 7.67. The zero-order valence-corrected chi connectivity index (χ0v) is 21.3. The van der Waals surface area contributed by atoms with Gasteiger partial charge in [0, 0.05) is 27.9 Å². The summed E-state index contributed by atoms with van der Waals surface area (Å²) in [5.41, 5.74) is 1.86. The Balaban J connectivity index is 1.66. The minimum Gasteiger partial charge on any atom is -0.497 e. The van der Waals surface area contributed by atoms with Gasteiger partial charge < -0.3 is 14.8 Å². The first-order valence-electron chi connectivity index (χ1n) is 11.1. The predicted octanol–water partition coefficient (Wildman–Crippen LogP) is 5.50. The van der Waals surface area contributed by atoms with Crippen LogP contribution in [-0.2, 0) is 26.0 Å². The number of carbonyl (C=O) groups is 1. The van der Waals surface area contributed by atoms with Gasteiger partial charge in [-0.15, -0.1) is 0 Å². The van der Waals surface area contributed by atoms with Gasteiger partial charge in [-0.1, -0.05) is 54.1 Å². The molecule has 0 amide bonds. The van der Waals surface area contributed by atoms with Crippen LogP contribution in [0.1, 0.15) is 5.56 Å². The van der Waals surface area contributed by atoms with Gasteiger partial charge in [0.1, 0.15) is 11.8 Å². The summed E-state index contributed by atoms with van der Waals surface area (Å²) in [6, 6.07) is 23.5. The monoisotopic (exact) mass is 524 g/mol. The molecular weight excluding hydrogens is 500 g/mol. The van der Waals surface area contributed by atoms with Crippen LogP contribution in [0, 0.1) is 0 Å². The number of fused-ring (bicyclic) bond motifs is 1. The van der Waals surface area contributed by atoms with Crippen molar-refractivity contribution in [3.63, 3.8) is 0 Å². The van der Waals surface area contributed by atoms with Gasteiger partial charge >= 0.3 is 5.97 Å². The van der Waals surface area contributed by atoms with Crippen molar-refractivity contribution in [2.75, 3.05) is 24.3 Å².